The third-order valence-corrected chi connectivity index (χ3v) is 4.12. The summed E-state index contributed by atoms with van der Waals surface area (Å²) >= 11 is 3.63. The molecule has 0 saturated heterocycles. The van der Waals surface area contributed by atoms with Crippen molar-refractivity contribution in [3.63, 3.8) is 0 Å². The van der Waals surface area contributed by atoms with Crippen LogP contribution in [0.25, 0.3) is 0 Å². The molecule has 1 aliphatic carbocycles. The maximum absolute atomic E-state index is 5.40. The van der Waals surface area contributed by atoms with Crippen LogP contribution in [0.2, 0.25) is 0 Å². The minimum Gasteiger partial charge on any atom is -0.382 e. The fraction of sp³-hybridized carbons (Fsp3) is 1.00. The zero-order valence-electron chi connectivity index (χ0n) is 7.94. The molecular formula is C10H19BrO. The van der Waals surface area contributed by atoms with Gasteiger partial charge in [-0.1, -0.05) is 28.8 Å². The van der Waals surface area contributed by atoms with Crippen molar-refractivity contribution in [1.29, 1.82) is 0 Å². The Morgan fingerprint density at radius 3 is 2.50 bits per heavy atom. The van der Waals surface area contributed by atoms with Crippen molar-refractivity contribution in [1.82, 2.24) is 0 Å². The highest BCUT2D eigenvalue weighted by molar-refractivity contribution is 9.09. The van der Waals surface area contributed by atoms with Crippen LogP contribution >= 0.6 is 15.9 Å². The van der Waals surface area contributed by atoms with Crippen LogP contribution in [0.5, 0.6) is 0 Å². The van der Waals surface area contributed by atoms with Crippen LogP contribution in [0.4, 0.5) is 0 Å². The summed E-state index contributed by atoms with van der Waals surface area (Å²) in [5, 5.41) is 1.16. The number of halogens is 1. The molecule has 0 amide bonds. The van der Waals surface area contributed by atoms with Crippen LogP contribution in [-0.4, -0.2) is 18.5 Å². The highest BCUT2D eigenvalue weighted by atomic mass is 79.9. The van der Waals surface area contributed by atoms with Crippen LogP contribution in [0, 0.1) is 5.41 Å². The van der Waals surface area contributed by atoms with Gasteiger partial charge in [-0.3, -0.25) is 0 Å². The van der Waals surface area contributed by atoms with Gasteiger partial charge in [-0.25, -0.2) is 0 Å². The summed E-state index contributed by atoms with van der Waals surface area (Å²) in [6, 6.07) is 0. The van der Waals surface area contributed by atoms with Crippen molar-refractivity contribution in [3.8, 4) is 0 Å². The van der Waals surface area contributed by atoms with E-state index < -0.39 is 0 Å². The Balaban J connectivity index is 2.24. The molecule has 0 aromatic heterocycles. The summed E-state index contributed by atoms with van der Waals surface area (Å²) in [4.78, 5) is 0. The molecule has 0 atom stereocenters. The van der Waals surface area contributed by atoms with E-state index in [0.717, 1.165) is 18.5 Å². The molecule has 1 aliphatic rings. The maximum Gasteiger partial charge on any atom is 0.0471 e. The summed E-state index contributed by atoms with van der Waals surface area (Å²) in [6.45, 7) is 3.87. The van der Waals surface area contributed by atoms with E-state index in [1.165, 1.54) is 32.1 Å². The van der Waals surface area contributed by atoms with E-state index in [1.807, 2.05) is 0 Å². The first-order valence-electron chi connectivity index (χ1n) is 4.97. The molecule has 0 spiro atoms. The highest BCUT2D eigenvalue weighted by Gasteiger charge is 2.31. The molecule has 0 aliphatic heterocycles. The Kier molecular flexibility index (Phi) is 4.59. The quantitative estimate of drug-likeness (QED) is 0.524. The molecule has 0 heterocycles. The minimum atomic E-state index is 0.579. The molecule has 0 N–H and O–H groups in total. The minimum absolute atomic E-state index is 0.579. The van der Waals surface area contributed by atoms with Gasteiger partial charge in [0, 0.05) is 18.5 Å². The second kappa shape index (κ2) is 5.23. The van der Waals surface area contributed by atoms with E-state index in [0.29, 0.717) is 5.41 Å². The van der Waals surface area contributed by atoms with Gasteiger partial charge in [-0.05, 0) is 31.6 Å². The first-order chi connectivity index (χ1) is 5.83. The molecular weight excluding hydrogens is 216 g/mol. The lowest BCUT2D eigenvalue weighted by atomic mass is 9.85. The lowest BCUT2D eigenvalue weighted by Gasteiger charge is -2.25. The smallest absolute Gasteiger partial charge is 0.0471 e. The molecule has 1 nitrogen and oxygen atoms in total. The predicted octanol–water partition coefficient (Wildman–Crippen LogP) is 3.37. The Morgan fingerprint density at radius 1 is 1.33 bits per heavy atom. The van der Waals surface area contributed by atoms with Crippen LogP contribution in [0.3, 0.4) is 0 Å². The molecule has 12 heavy (non-hydrogen) atoms. The first kappa shape index (κ1) is 10.5. The lowest BCUT2D eigenvalue weighted by Crippen LogP contribution is -2.20. The van der Waals surface area contributed by atoms with E-state index >= 15 is 0 Å². The van der Waals surface area contributed by atoms with Gasteiger partial charge >= 0.3 is 0 Å². The van der Waals surface area contributed by atoms with E-state index in [2.05, 4.69) is 22.9 Å². The highest BCUT2D eigenvalue weighted by Crippen LogP contribution is 2.42. The molecule has 2 heteroatoms. The molecule has 1 saturated carbocycles. The van der Waals surface area contributed by atoms with Crippen LogP contribution in [0.15, 0.2) is 0 Å². The molecule has 1 rings (SSSR count). The number of rotatable bonds is 5. The third-order valence-electron chi connectivity index (χ3n) is 2.93. The fourth-order valence-electron chi connectivity index (χ4n) is 2.01. The Labute approximate surface area is 84.0 Å². The van der Waals surface area contributed by atoms with E-state index in [1.54, 1.807) is 0 Å². The summed E-state index contributed by atoms with van der Waals surface area (Å²) in [7, 11) is 0. The predicted molar refractivity (Wildman–Crippen MR) is 55.8 cm³/mol. The topological polar surface area (TPSA) is 9.23 Å². The molecule has 0 aromatic rings. The standard InChI is InChI=1S/C10H19BrO/c1-2-12-8-7-10(9-11)5-3-4-6-10/h2-9H2,1H3. The van der Waals surface area contributed by atoms with Gasteiger partial charge < -0.3 is 4.74 Å². The van der Waals surface area contributed by atoms with E-state index in [9.17, 15) is 0 Å². The normalized spacial score (nSPS) is 21.5. The Hall–Kier alpha value is 0.440. The van der Waals surface area contributed by atoms with Gasteiger partial charge in [0.1, 0.15) is 0 Å². The average molecular weight is 235 g/mol. The molecule has 0 unspecified atom stereocenters. The van der Waals surface area contributed by atoms with Crippen molar-refractivity contribution >= 4 is 15.9 Å². The summed E-state index contributed by atoms with van der Waals surface area (Å²) in [5.41, 5.74) is 0.579. The van der Waals surface area contributed by atoms with Crippen LogP contribution in [0.1, 0.15) is 39.0 Å². The summed E-state index contributed by atoms with van der Waals surface area (Å²) < 4.78 is 5.40. The van der Waals surface area contributed by atoms with Gasteiger partial charge in [0.15, 0.2) is 0 Å². The molecule has 0 bridgehead atoms. The van der Waals surface area contributed by atoms with Gasteiger partial charge in [-0.2, -0.15) is 0 Å². The van der Waals surface area contributed by atoms with Crippen molar-refractivity contribution in [2.45, 2.75) is 39.0 Å². The molecule has 0 aromatic carbocycles. The fourth-order valence-corrected chi connectivity index (χ4v) is 2.85. The SMILES string of the molecule is CCOCCC1(CBr)CCCC1. The number of hydrogen-bond acceptors (Lipinski definition) is 1. The van der Waals surface area contributed by atoms with E-state index in [4.69, 9.17) is 4.74 Å². The van der Waals surface area contributed by atoms with Crippen molar-refractivity contribution in [2.24, 2.45) is 5.41 Å². The maximum atomic E-state index is 5.40. The van der Waals surface area contributed by atoms with Gasteiger partial charge in [0.2, 0.25) is 0 Å². The number of ether oxygens (including phenoxy) is 1. The number of alkyl halides is 1. The monoisotopic (exact) mass is 234 g/mol. The second-order valence-electron chi connectivity index (χ2n) is 3.79. The first-order valence-corrected chi connectivity index (χ1v) is 6.09. The zero-order valence-corrected chi connectivity index (χ0v) is 9.53. The molecule has 0 radical (unpaired) electrons. The molecule has 72 valence electrons. The third kappa shape index (κ3) is 2.74. The van der Waals surface area contributed by atoms with Gasteiger partial charge in [-0.15, -0.1) is 0 Å². The van der Waals surface area contributed by atoms with Crippen molar-refractivity contribution in [2.75, 3.05) is 18.5 Å². The van der Waals surface area contributed by atoms with E-state index in [-0.39, 0.29) is 0 Å². The van der Waals surface area contributed by atoms with Gasteiger partial charge in [0.05, 0.1) is 0 Å². The average Bonchev–Trinajstić information content (AvgIpc) is 2.55. The summed E-state index contributed by atoms with van der Waals surface area (Å²) in [5.74, 6) is 0. The molecule has 1 fully saturated rings. The Morgan fingerprint density at radius 2 is 2.00 bits per heavy atom. The second-order valence-corrected chi connectivity index (χ2v) is 4.35. The van der Waals surface area contributed by atoms with Crippen LogP contribution < -0.4 is 0 Å². The van der Waals surface area contributed by atoms with Crippen molar-refractivity contribution < 1.29 is 4.74 Å². The van der Waals surface area contributed by atoms with Crippen molar-refractivity contribution in [3.05, 3.63) is 0 Å². The summed E-state index contributed by atoms with van der Waals surface area (Å²) in [6.07, 6.45) is 6.86. The van der Waals surface area contributed by atoms with Crippen LogP contribution in [-0.2, 0) is 4.74 Å². The van der Waals surface area contributed by atoms with Gasteiger partial charge in [0.25, 0.3) is 0 Å². The number of hydrogen-bond donors (Lipinski definition) is 0. The lowest BCUT2D eigenvalue weighted by molar-refractivity contribution is 0.112. The zero-order chi connectivity index (χ0) is 8.86. The Bertz CT molecular complexity index is 119. The largest absolute Gasteiger partial charge is 0.382 e.